The molecular formula is C24H31N7O5S. The number of aromatic nitrogens is 4. The average molecular weight is 530 g/mol. The minimum Gasteiger partial charge on any atom is -0.494 e. The smallest absolute Gasteiger partial charge is 0.320 e. The van der Waals surface area contributed by atoms with Crippen LogP contribution in [0.5, 0.6) is 11.5 Å². The zero-order valence-corrected chi connectivity index (χ0v) is 22.3. The summed E-state index contributed by atoms with van der Waals surface area (Å²) >= 11 is 0. The highest BCUT2D eigenvalue weighted by molar-refractivity contribution is 7.92. The molecule has 2 aromatic heterocycles. The second-order valence-corrected chi connectivity index (χ2v) is 10.7. The first kappa shape index (κ1) is 26.2. The summed E-state index contributed by atoms with van der Waals surface area (Å²) in [5.74, 6) is 0.843. The summed E-state index contributed by atoms with van der Waals surface area (Å²) in [5, 5.41) is 8.45. The van der Waals surface area contributed by atoms with E-state index in [1.54, 1.807) is 47.4 Å². The SMILES string of the molecule is COc1cccc(OC)c1-n1c(NS(=O)(=O)CCN2C(=O)N(C)CC[C@@H]2C)nnc1-c1cncc(C)c1. The summed E-state index contributed by atoms with van der Waals surface area (Å²) in [7, 11) is 0.795. The first-order chi connectivity index (χ1) is 17.6. The van der Waals surface area contributed by atoms with Crippen LogP contribution in [0.25, 0.3) is 17.1 Å². The van der Waals surface area contributed by atoms with Crippen LogP contribution in [0, 0.1) is 6.92 Å². The normalized spacial score (nSPS) is 16.1. The molecular weight excluding hydrogens is 498 g/mol. The van der Waals surface area contributed by atoms with Crippen molar-refractivity contribution in [3.05, 3.63) is 42.2 Å². The van der Waals surface area contributed by atoms with Gasteiger partial charge in [-0.2, -0.15) is 0 Å². The Morgan fingerprint density at radius 3 is 2.49 bits per heavy atom. The monoisotopic (exact) mass is 529 g/mol. The van der Waals surface area contributed by atoms with Gasteiger partial charge in [0.2, 0.25) is 16.0 Å². The molecule has 0 aliphatic carbocycles. The number of anilines is 1. The maximum Gasteiger partial charge on any atom is 0.320 e. The number of hydrogen-bond acceptors (Lipinski definition) is 8. The van der Waals surface area contributed by atoms with Crippen LogP contribution in [0.4, 0.5) is 10.7 Å². The molecule has 1 aliphatic rings. The molecule has 1 saturated heterocycles. The van der Waals surface area contributed by atoms with Crippen molar-refractivity contribution in [2.24, 2.45) is 0 Å². The summed E-state index contributed by atoms with van der Waals surface area (Å²) in [5.41, 5.74) is 1.95. The Morgan fingerprint density at radius 1 is 1.14 bits per heavy atom. The number of ether oxygens (including phenoxy) is 2. The zero-order chi connectivity index (χ0) is 26.7. The molecule has 1 aromatic carbocycles. The third kappa shape index (κ3) is 5.45. The summed E-state index contributed by atoms with van der Waals surface area (Å²) in [6.45, 7) is 4.49. The number of carbonyl (C=O) groups is 1. The second kappa shape index (κ2) is 10.6. The number of aryl methyl sites for hydroxylation is 1. The Labute approximate surface area is 216 Å². The Bertz CT molecular complexity index is 1370. The Kier molecular flexibility index (Phi) is 7.52. The number of nitrogens with one attached hydrogen (secondary N) is 1. The van der Waals surface area contributed by atoms with Gasteiger partial charge in [0.15, 0.2) is 5.82 Å². The molecule has 0 spiro atoms. The van der Waals surface area contributed by atoms with Gasteiger partial charge in [0, 0.05) is 44.1 Å². The lowest BCUT2D eigenvalue weighted by atomic mass is 10.1. The average Bonchev–Trinajstić information content (AvgIpc) is 3.27. The molecule has 1 N–H and O–H groups in total. The van der Waals surface area contributed by atoms with Crippen LogP contribution < -0.4 is 14.2 Å². The third-order valence-electron chi connectivity index (χ3n) is 6.26. The minimum absolute atomic E-state index is 0.0421. The summed E-state index contributed by atoms with van der Waals surface area (Å²) in [6.07, 6.45) is 4.09. The number of sulfonamides is 1. The molecule has 0 unspecified atom stereocenters. The van der Waals surface area contributed by atoms with Crippen molar-refractivity contribution in [3.63, 3.8) is 0 Å². The van der Waals surface area contributed by atoms with Crippen LogP contribution in [0.3, 0.4) is 0 Å². The standard InChI is InChI=1S/C24H31N7O5S/c1-16-13-18(15-25-14-16)22-26-27-23(31(22)21-19(35-4)7-6-8-20(21)36-5)28-37(33,34)12-11-30-17(2)9-10-29(3)24(30)32/h6-8,13-15,17H,9-12H2,1-5H3,(H,27,28)/t17-/m0/s1. The van der Waals surface area contributed by atoms with Gasteiger partial charge in [-0.1, -0.05) is 6.07 Å². The molecule has 1 fully saturated rings. The zero-order valence-electron chi connectivity index (χ0n) is 21.5. The van der Waals surface area contributed by atoms with Gasteiger partial charge in [-0.05, 0) is 44.0 Å². The summed E-state index contributed by atoms with van der Waals surface area (Å²) < 4.78 is 41.7. The number of hydrogen-bond donors (Lipinski definition) is 1. The molecule has 2 amide bonds. The number of pyridine rings is 1. The van der Waals surface area contributed by atoms with E-state index in [1.807, 2.05) is 19.9 Å². The highest BCUT2D eigenvalue weighted by atomic mass is 32.2. The van der Waals surface area contributed by atoms with E-state index in [0.717, 1.165) is 12.0 Å². The molecule has 3 heterocycles. The van der Waals surface area contributed by atoms with Crippen LogP contribution in [0.2, 0.25) is 0 Å². The number of carbonyl (C=O) groups excluding carboxylic acids is 1. The fraction of sp³-hybridized carbons (Fsp3) is 0.417. The quantitative estimate of drug-likeness (QED) is 0.447. The van der Waals surface area contributed by atoms with E-state index in [1.165, 1.54) is 18.8 Å². The van der Waals surface area contributed by atoms with Crippen molar-refractivity contribution in [2.45, 2.75) is 26.3 Å². The number of benzene rings is 1. The van der Waals surface area contributed by atoms with Crippen molar-refractivity contribution in [3.8, 4) is 28.6 Å². The highest BCUT2D eigenvalue weighted by Crippen LogP contribution is 2.37. The maximum absolute atomic E-state index is 13.2. The number of para-hydroxylation sites is 1. The van der Waals surface area contributed by atoms with Gasteiger partial charge in [-0.3, -0.25) is 14.3 Å². The van der Waals surface area contributed by atoms with Gasteiger partial charge in [-0.25, -0.2) is 13.2 Å². The number of urea groups is 1. The summed E-state index contributed by atoms with van der Waals surface area (Å²) in [4.78, 5) is 20.0. The van der Waals surface area contributed by atoms with Gasteiger partial charge in [-0.15, -0.1) is 10.2 Å². The first-order valence-corrected chi connectivity index (χ1v) is 13.4. The first-order valence-electron chi connectivity index (χ1n) is 11.8. The van der Waals surface area contributed by atoms with Gasteiger partial charge < -0.3 is 19.3 Å². The molecule has 0 bridgehead atoms. The van der Waals surface area contributed by atoms with Gasteiger partial charge in [0.1, 0.15) is 17.2 Å². The third-order valence-corrected chi connectivity index (χ3v) is 7.47. The molecule has 12 nitrogen and oxygen atoms in total. The molecule has 4 rings (SSSR count). The van der Waals surface area contributed by atoms with E-state index in [0.29, 0.717) is 35.1 Å². The number of amides is 2. The van der Waals surface area contributed by atoms with Crippen molar-refractivity contribution in [1.29, 1.82) is 0 Å². The van der Waals surface area contributed by atoms with E-state index in [4.69, 9.17) is 9.47 Å². The lowest BCUT2D eigenvalue weighted by molar-refractivity contribution is 0.118. The number of rotatable bonds is 9. The van der Waals surface area contributed by atoms with Crippen molar-refractivity contribution < 1.29 is 22.7 Å². The van der Waals surface area contributed by atoms with E-state index in [-0.39, 0.29) is 30.3 Å². The van der Waals surface area contributed by atoms with Crippen LogP contribution in [0.15, 0.2) is 36.7 Å². The Hall–Kier alpha value is -3.87. The fourth-order valence-electron chi connectivity index (χ4n) is 4.24. The summed E-state index contributed by atoms with van der Waals surface area (Å²) in [6, 6.07) is 6.85. The maximum atomic E-state index is 13.2. The molecule has 198 valence electrons. The van der Waals surface area contributed by atoms with Crippen molar-refractivity contribution in [2.75, 3.05) is 44.8 Å². The Balaban J connectivity index is 1.73. The molecule has 0 radical (unpaired) electrons. The lowest BCUT2D eigenvalue weighted by Gasteiger charge is -2.38. The van der Waals surface area contributed by atoms with Gasteiger partial charge in [0.25, 0.3) is 0 Å². The number of nitrogens with zero attached hydrogens (tertiary/aromatic N) is 6. The van der Waals surface area contributed by atoms with Gasteiger partial charge in [0.05, 0.1) is 20.0 Å². The van der Waals surface area contributed by atoms with Crippen molar-refractivity contribution >= 4 is 22.0 Å². The number of methoxy groups -OCH3 is 2. The predicted octanol–water partition coefficient (Wildman–Crippen LogP) is 2.54. The van der Waals surface area contributed by atoms with E-state index in [9.17, 15) is 13.2 Å². The highest BCUT2D eigenvalue weighted by Gasteiger charge is 2.30. The molecule has 0 saturated carbocycles. The second-order valence-electron chi connectivity index (χ2n) is 8.90. The molecule has 13 heteroatoms. The minimum atomic E-state index is -3.93. The largest absolute Gasteiger partial charge is 0.494 e. The molecule has 37 heavy (non-hydrogen) atoms. The lowest BCUT2D eigenvalue weighted by Crippen LogP contribution is -2.53. The topological polar surface area (TPSA) is 132 Å². The van der Waals surface area contributed by atoms with Crippen molar-refractivity contribution in [1.82, 2.24) is 29.5 Å². The van der Waals surface area contributed by atoms with E-state index in [2.05, 4.69) is 19.9 Å². The van der Waals surface area contributed by atoms with Crippen LogP contribution in [-0.4, -0.2) is 90.1 Å². The Morgan fingerprint density at radius 2 is 1.84 bits per heavy atom. The van der Waals surface area contributed by atoms with E-state index >= 15 is 0 Å². The van der Waals surface area contributed by atoms with Crippen LogP contribution in [0.1, 0.15) is 18.9 Å². The van der Waals surface area contributed by atoms with Crippen LogP contribution >= 0.6 is 0 Å². The van der Waals surface area contributed by atoms with Crippen LogP contribution in [-0.2, 0) is 10.0 Å². The van der Waals surface area contributed by atoms with Gasteiger partial charge >= 0.3 is 6.03 Å². The predicted molar refractivity (Wildman–Crippen MR) is 139 cm³/mol. The fourth-order valence-corrected chi connectivity index (χ4v) is 5.19. The van der Waals surface area contributed by atoms with E-state index < -0.39 is 10.0 Å². The molecule has 1 aliphatic heterocycles. The molecule has 1 atom stereocenters. The molecule has 3 aromatic rings.